The van der Waals surface area contributed by atoms with E-state index in [0.29, 0.717) is 0 Å². The average Bonchev–Trinajstić information content (AvgIpc) is 0.811. The van der Waals surface area contributed by atoms with Crippen molar-refractivity contribution in [3.05, 3.63) is 0 Å². The summed E-state index contributed by atoms with van der Waals surface area (Å²) in [4.78, 5) is 0. The Hall–Kier alpha value is 0.836. The van der Waals surface area contributed by atoms with Gasteiger partial charge in [0.15, 0.2) is 0 Å². The van der Waals surface area contributed by atoms with Crippen LogP contribution in [0.3, 0.4) is 0 Å². The van der Waals surface area contributed by atoms with Gasteiger partial charge in [-0.15, -0.1) is 0 Å². The van der Waals surface area contributed by atoms with Crippen LogP contribution in [0.25, 0.3) is 0 Å². The Morgan fingerprint density at radius 2 is 1.60 bits per heavy atom. The molecule has 0 unspecified atom stereocenters. The van der Waals surface area contributed by atoms with Gasteiger partial charge >= 0.3 is 24.5 Å². The van der Waals surface area contributed by atoms with Crippen LogP contribution >= 0.6 is 0 Å². The van der Waals surface area contributed by atoms with Gasteiger partial charge in [-0.25, -0.2) is 0 Å². The van der Waals surface area contributed by atoms with Gasteiger partial charge in [0.05, 0.1) is 0 Å². The molecule has 0 aromatic carbocycles. The van der Waals surface area contributed by atoms with Crippen LogP contribution in [0.15, 0.2) is 0 Å². The molecule has 3 nitrogen and oxygen atoms in total. The molecule has 5 heavy (non-hydrogen) atoms. The molecule has 26 valence electrons. The molecule has 0 bridgehead atoms. The van der Waals surface area contributed by atoms with E-state index in [-0.39, 0.29) is 24.5 Å². The number of hydrogen-bond acceptors (Lipinski definition) is 1. The normalized spacial score (nSPS) is 7.00. The predicted molar refractivity (Wildman–Crippen MR) is 20.3 cm³/mol. The molecule has 0 aromatic rings. The summed E-state index contributed by atoms with van der Waals surface area (Å²) in [7, 11) is 0. The fourth-order valence-corrected chi connectivity index (χ4v) is 0. The van der Waals surface area contributed by atoms with E-state index in [0.717, 1.165) is 0 Å². The standard InChI is InChI=1S/Mg.H2O3S/c;1-4(2)3/h;(H2,1,2,3)/q+2;/p+1. The minimum absolute atomic E-state index is 0. The van der Waals surface area contributed by atoms with E-state index in [9.17, 15) is 0 Å². The average molecular weight is 107 g/mol. The third kappa shape index (κ3) is 55.6. The fourth-order valence-electron chi connectivity index (χ4n) is 0. The van der Waals surface area contributed by atoms with Crippen LogP contribution in [0.1, 0.15) is 1.43 Å². The van der Waals surface area contributed by atoms with Crippen molar-refractivity contribution < 1.29 is 14.7 Å². The quantitative estimate of drug-likeness (QED) is 0.321. The molecule has 0 saturated heterocycles. The first-order valence-electron chi connectivity index (χ1n) is 0.532. The Morgan fingerprint density at radius 1 is 1.60 bits per heavy atom. The summed E-state index contributed by atoms with van der Waals surface area (Å²) in [5.74, 6) is 0. The second kappa shape index (κ2) is 4.84. The van der Waals surface area contributed by atoms with Gasteiger partial charge in [-0.05, 0) is 0 Å². The van der Waals surface area contributed by atoms with Gasteiger partial charge in [-0.3, -0.25) is 9.11 Å². The summed E-state index contributed by atoms with van der Waals surface area (Å²) in [6.45, 7) is 0. The first kappa shape index (κ1) is 9.28. The van der Waals surface area contributed by atoms with Gasteiger partial charge in [0.1, 0.15) is 0 Å². The van der Waals surface area contributed by atoms with E-state index < -0.39 is 11.4 Å². The van der Waals surface area contributed by atoms with Gasteiger partial charge in [0.25, 0.3) is 11.4 Å². The van der Waals surface area contributed by atoms with Gasteiger partial charge in [0.2, 0.25) is 0 Å². The van der Waals surface area contributed by atoms with Crippen LogP contribution in [0.5, 0.6) is 0 Å². The molecule has 0 fully saturated rings. The largest absolute Gasteiger partial charge is 2.00 e. The SMILES string of the molecule is O=S(O)O.[H+].[Mg+2]. The summed E-state index contributed by atoms with van der Waals surface area (Å²) in [6.07, 6.45) is 0. The topological polar surface area (TPSA) is 57.5 Å². The molecular formula is H3MgO3S+3. The van der Waals surface area contributed by atoms with E-state index in [4.69, 9.17) is 13.3 Å². The predicted octanol–water partition coefficient (Wildman–Crippen LogP) is -0.587. The minimum atomic E-state index is -2.61. The molecule has 0 saturated carbocycles. The van der Waals surface area contributed by atoms with Crippen molar-refractivity contribution in [3.63, 3.8) is 0 Å². The Kier molecular flexibility index (Phi) is 8.97. The molecule has 0 spiro atoms. The smallest absolute Gasteiger partial charge is 0.284 e. The van der Waals surface area contributed by atoms with Crippen LogP contribution in [0.2, 0.25) is 0 Å². The summed E-state index contributed by atoms with van der Waals surface area (Å²) in [6, 6.07) is 0. The van der Waals surface area contributed by atoms with Gasteiger partial charge in [0, 0.05) is 0 Å². The number of rotatable bonds is 0. The van der Waals surface area contributed by atoms with Crippen molar-refractivity contribution in [2.75, 3.05) is 0 Å². The van der Waals surface area contributed by atoms with Gasteiger partial charge in [-0.2, -0.15) is 4.21 Å². The molecule has 0 radical (unpaired) electrons. The molecule has 0 rings (SSSR count). The maximum absolute atomic E-state index is 8.67. The Bertz CT molecular complexity index is 33.8. The van der Waals surface area contributed by atoms with Crippen LogP contribution in [-0.4, -0.2) is 36.4 Å². The third-order valence-electron chi connectivity index (χ3n) is 0. The third-order valence-corrected chi connectivity index (χ3v) is 0. The second-order valence-corrected chi connectivity index (χ2v) is 0.692. The maximum Gasteiger partial charge on any atom is 2.00 e. The molecule has 0 aliphatic carbocycles. The van der Waals surface area contributed by atoms with Crippen molar-refractivity contribution in [1.29, 1.82) is 0 Å². The minimum Gasteiger partial charge on any atom is -0.284 e. The maximum atomic E-state index is 8.67. The molecule has 0 aliphatic rings. The summed E-state index contributed by atoms with van der Waals surface area (Å²) < 4.78 is 22.8. The van der Waals surface area contributed by atoms with Crippen LogP contribution in [0, 0.1) is 0 Å². The summed E-state index contributed by atoms with van der Waals surface area (Å²) in [5.41, 5.74) is 0. The van der Waals surface area contributed by atoms with E-state index in [1.165, 1.54) is 0 Å². The van der Waals surface area contributed by atoms with Gasteiger partial charge < -0.3 is 0 Å². The van der Waals surface area contributed by atoms with Crippen molar-refractivity contribution >= 4 is 34.4 Å². The monoisotopic (exact) mass is 107 g/mol. The fraction of sp³-hybridized carbons (Fsp3) is 0. The first-order valence-corrected chi connectivity index (χ1v) is 1.60. The molecule has 0 heterocycles. The van der Waals surface area contributed by atoms with E-state index in [1.54, 1.807) is 0 Å². The molecule has 0 aliphatic heterocycles. The zero-order valence-electron chi connectivity index (χ0n) is 3.42. The summed E-state index contributed by atoms with van der Waals surface area (Å²) in [5, 5.41) is 0. The molecular weight excluding hydrogens is 104 g/mol. The zero-order valence-corrected chi connectivity index (χ0v) is 4.65. The van der Waals surface area contributed by atoms with Crippen LogP contribution in [0.4, 0.5) is 0 Å². The van der Waals surface area contributed by atoms with Crippen molar-refractivity contribution in [2.45, 2.75) is 0 Å². The van der Waals surface area contributed by atoms with Gasteiger partial charge in [-0.1, -0.05) is 0 Å². The van der Waals surface area contributed by atoms with Crippen LogP contribution in [-0.2, 0) is 11.4 Å². The van der Waals surface area contributed by atoms with E-state index in [2.05, 4.69) is 0 Å². The van der Waals surface area contributed by atoms with E-state index in [1.807, 2.05) is 0 Å². The summed E-state index contributed by atoms with van der Waals surface area (Å²) >= 11 is -2.61. The zero-order chi connectivity index (χ0) is 3.58. The number of hydrogen-bond donors (Lipinski definition) is 2. The molecule has 2 N–H and O–H groups in total. The first-order chi connectivity index (χ1) is 1.73. The molecule has 0 atom stereocenters. The van der Waals surface area contributed by atoms with Crippen molar-refractivity contribution in [3.8, 4) is 0 Å². The Labute approximate surface area is 49.5 Å². The van der Waals surface area contributed by atoms with Crippen molar-refractivity contribution in [1.82, 2.24) is 0 Å². The second-order valence-electron chi connectivity index (χ2n) is 0.231. The molecule has 0 aromatic heterocycles. The molecule has 0 amide bonds. The van der Waals surface area contributed by atoms with Crippen molar-refractivity contribution in [2.24, 2.45) is 0 Å². The van der Waals surface area contributed by atoms with Crippen LogP contribution < -0.4 is 0 Å². The Balaban J connectivity index is -0.0000000450. The van der Waals surface area contributed by atoms with E-state index >= 15 is 0 Å². The molecule has 5 heteroatoms. The Morgan fingerprint density at radius 3 is 1.60 bits per heavy atom.